The van der Waals surface area contributed by atoms with Crippen LogP contribution in [0.4, 0.5) is 0 Å². The maximum absolute atomic E-state index is 12.3. The number of nitrogens with one attached hydrogen (secondary N) is 1. The van der Waals surface area contributed by atoms with Gasteiger partial charge in [0, 0.05) is 19.4 Å². The van der Waals surface area contributed by atoms with E-state index in [0.29, 0.717) is 12.8 Å². The highest BCUT2D eigenvalue weighted by Crippen LogP contribution is 2.29. The van der Waals surface area contributed by atoms with E-state index in [1.807, 2.05) is 37.3 Å². The third-order valence-corrected chi connectivity index (χ3v) is 5.45. The van der Waals surface area contributed by atoms with E-state index in [-0.39, 0.29) is 11.4 Å². The zero-order chi connectivity index (χ0) is 15.8. The number of rotatable bonds is 4. The Morgan fingerprint density at radius 3 is 2.32 bits per heavy atom. The molecule has 4 nitrogen and oxygen atoms in total. The van der Waals surface area contributed by atoms with Crippen LogP contribution in [0.2, 0.25) is 0 Å². The minimum absolute atomic E-state index is 0.0119. The Morgan fingerprint density at radius 2 is 1.73 bits per heavy atom. The predicted molar refractivity (Wildman–Crippen MR) is 85.2 cm³/mol. The second kappa shape index (κ2) is 5.50. The van der Waals surface area contributed by atoms with Crippen LogP contribution in [0.25, 0.3) is 0 Å². The third kappa shape index (κ3) is 3.06. The first-order valence-corrected chi connectivity index (χ1v) is 8.72. The van der Waals surface area contributed by atoms with Crippen molar-refractivity contribution in [3.63, 3.8) is 0 Å². The van der Waals surface area contributed by atoms with Gasteiger partial charge >= 0.3 is 0 Å². The lowest BCUT2D eigenvalue weighted by atomic mass is 10.0. The summed E-state index contributed by atoms with van der Waals surface area (Å²) in [5.74, 6) is 0. The van der Waals surface area contributed by atoms with Crippen LogP contribution >= 0.6 is 0 Å². The molecule has 0 fully saturated rings. The normalized spacial score (nSPS) is 16.5. The molecule has 0 saturated heterocycles. The molecule has 2 aromatic rings. The summed E-state index contributed by atoms with van der Waals surface area (Å²) in [6.07, 6.45) is 0.943. The second-order valence-corrected chi connectivity index (χ2v) is 7.75. The van der Waals surface area contributed by atoms with Crippen molar-refractivity contribution in [2.24, 2.45) is 0 Å². The molecule has 5 heteroatoms. The summed E-state index contributed by atoms with van der Waals surface area (Å²) in [6, 6.07) is 14.6. The number of fused-ring (bicyclic) bond motifs is 1. The van der Waals surface area contributed by atoms with Gasteiger partial charge in [-0.2, -0.15) is 0 Å². The lowest BCUT2D eigenvalue weighted by Crippen LogP contribution is -2.43. The first-order valence-electron chi connectivity index (χ1n) is 7.24. The Bertz CT molecular complexity index is 774. The third-order valence-electron chi connectivity index (χ3n) is 4.05. The lowest BCUT2D eigenvalue weighted by molar-refractivity contribution is 0.0567. The van der Waals surface area contributed by atoms with E-state index < -0.39 is 15.6 Å². The van der Waals surface area contributed by atoms with Crippen molar-refractivity contribution < 1.29 is 13.5 Å². The molecule has 0 aromatic heterocycles. The van der Waals surface area contributed by atoms with Crippen LogP contribution in [0.1, 0.15) is 16.7 Å². The molecule has 2 N–H and O–H groups in total. The maximum atomic E-state index is 12.3. The second-order valence-electron chi connectivity index (χ2n) is 5.99. The fourth-order valence-corrected chi connectivity index (χ4v) is 4.12. The quantitative estimate of drug-likeness (QED) is 0.904. The average molecular weight is 317 g/mol. The SMILES string of the molecule is Cc1cccc(S(=O)(=O)NCC2(O)Cc3ccccc3C2)c1. The first-order chi connectivity index (χ1) is 10.4. The molecule has 0 bridgehead atoms. The van der Waals surface area contributed by atoms with Crippen molar-refractivity contribution in [2.75, 3.05) is 6.54 Å². The highest BCUT2D eigenvalue weighted by molar-refractivity contribution is 7.89. The minimum atomic E-state index is -3.61. The Morgan fingerprint density at radius 1 is 1.09 bits per heavy atom. The molecule has 22 heavy (non-hydrogen) atoms. The van der Waals surface area contributed by atoms with Gasteiger partial charge in [0.2, 0.25) is 10.0 Å². The number of hydrogen-bond acceptors (Lipinski definition) is 3. The summed E-state index contributed by atoms with van der Waals surface area (Å²) in [6.45, 7) is 1.86. The van der Waals surface area contributed by atoms with Crippen LogP contribution in [-0.4, -0.2) is 25.7 Å². The van der Waals surface area contributed by atoms with Gasteiger partial charge in [0.15, 0.2) is 0 Å². The molecule has 0 unspecified atom stereocenters. The van der Waals surface area contributed by atoms with E-state index in [9.17, 15) is 13.5 Å². The number of aryl methyl sites for hydroxylation is 1. The average Bonchev–Trinajstić information content (AvgIpc) is 2.82. The minimum Gasteiger partial charge on any atom is -0.388 e. The Hall–Kier alpha value is -1.69. The van der Waals surface area contributed by atoms with Gasteiger partial charge in [-0.15, -0.1) is 0 Å². The van der Waals surface area contributed by atoms with Gasteiger partial charge < -0.3 is 5.11 Å². The van der Waals surface area contributed by atoms with Gasteiger partial charge in [-0.1, -0.05) is 36.4 Å². The topological polar surface area (TPSA) is 66.4 Å². The van der Waals surface area contributed by atoms with Crippen LogP contribution < -0.4 is 4.72 Å². The molecule has 0 spiro atoms. The van der Waals surface area contributed by atoms with E-state index in [1.54, 1.807) is 18.2 Å². The van der Waals surface area contributed by atoms with Crippen molar-refractivity contribution in [3.8, 4) is 0 Å². The standard InChI is InChI=1S/C17H19NO3S/c1-13-5-4-8-16(9-13)22(20,21)18-12-17(19)10-14-6-2-3-7-15(14)11-17/h2-9,18-19H,10-12H2,1H3. The zero-order valence-electron chi connectivity index (χ0n) is 12.4. The molecular formula is C17H19NO3S. The lowest BCUT2D eigenvalue weighted by Gasteiger charge is -2.22. The van der Waals surface area contributed by atoms with Crippen molar-refractivity contribution in [2.45, 2.75) is 30.3 Å². The maximum Gasteiger partial charge on any atom is 0.240 e. The molecule has 0 radical (unpaired) electrons. The van der Waals surface area contributed by atoms with Crippen molar-refractivity contribution >= 4 is 10.0 Å². The van der Waals surface area contributed by atoms with Gasteiger partial charge in [0.05, 0.1) is 10.5 Å². The summed E-state index contributed by atoms with van der Waals surface area (Å²) in [5.41, 5.74) is 2.00. The Labute approximate surface area is 130 Å². The first kappa shape index (κ1) is 15.2. The van der Waals surface area contributed by atoms with Crippen molar-refractivity contribution in [1.29, 1.82) is 0 Å². The molecule has 0 atom stereocenters. The predicted octanol–water partition coefficient (Wildman–Crippen LogP) is 1.80. The van der Waals surface area contributed by atoms with Crippen LogP contribution in [0.3, 0.4) is 0 Å². The number of hydrogen-bond donors (Lipinski definition) is 2. The molecule has 0 heterocycles. The van der Waals surface area contributed by atoms with Crippen LogP contribution in [0.5, 0.6) is 0 Å². The Kier molecular flexibility index (Phi) is 3.80. The monoisotopic (exact) mass is 317 g/mol. The summed E-state index contributed by atoms with van der Waals surface area (Å²) in [7, 11) is -3.61. The summed E-state index contributed by atoms with van der Waals surface area (Å²) in [5, 5.41) is 10.7. The zero-order valence-corrected chi connectivity index (χ0v) is 13.2. The van der Waals surface area contributed by atoms with Gasteiger partial charge in [-0.25, -0.2) is 13.1 Å². The van der Waals surface area contributed by atoms with E-state index in [2.05, 4.69) is 4.72 Å². The van der Waals surface area contributed by atoms with Crippen LogP contribution in [0, 0.1) is 6.92 Å². The highest BCUT2D eigenvalue weighted by atomic mass is 32.2. The van der Waals surface area contributed by atoms with E-state index in [0.717, 1.165) is 16.7 Å². The number of aliphatic hydroxyl groups is 1. The van der Waals surface area contributed by atoms with Gasteiger partial charge in [-0.05, 0) is 35.7 Å². The van der Waals surface area contributed by atoms with Crippen molar-refractivity contribution in [1.82, 2.24) is 4.72 Å². The molecule has 0 saturated carbocycles. The number of benzene rings is 2. The smallest absolute Gasteiger partial charge is 0.240 e. The molecule has 2 aromatic carbocycles. The summed E-state index contributed by atoms with van der Waals surface area (Å²) in [4.78, 5) is 0.228. The number of sulfonamides is 1. The van der Waals surface area contributed by atoms with E-state index >= 15 is 0 Å². The van der Waals surface area contributed by atoms with Crippen molar-refractivity contribution in [3.05, 3.63) is 65.2 Å². The van der Waals surface area contributed by atoms with Gasteiger partial charge in [-0.3, -0.25) is 0 Å². The van der Waals surface area contributed by atoms with E-state index in [4.69, 9.17) is 0 Å². The fourth-order valence-electron chi connectivity index (χ4n) is 2.89. The van der Waals surface area contributed by atoms with Gasteiger partial charge in [0.1, 0.15) is 0 Å². The fraction of sp³-hybridized carbons (Fsp3) is 0.294. The highest BCUT2D eigenvalue weighted by Gasteiger charge is 2.36. The van der Waals surface area contributed by atoms with Crippen LogP contribution in [-0.2, 0) is 22.9 Å². The Balaban J connectivity index is 1.73. The molecule has 0 amide bonds. The van der Waals surface area contributed by atoms with E-state index in [1.165, 1.54) is 0 Å². The summed E-state index contributed by atoms with van der Waals surface area (Å²) >= 11 is 0. The summed E-state index contributed by atoms with van der Waals surface area (Å²) < 4.78 is 27.2. The molecule has 1 aliphatic carbocycles. The molecular weight excluding hydrogens is 298 g/mol. The molecule has 1 aliphatic rings. The van der Waals surface area contributed by atoms with Gasteiger partial charge in [0.25, 0.3) is 0 Å². The molecule has 116 valence electrons. The van der Waals surface area contributed by atoms with Crippen LogP contribution in [0.15, 0.2) is 53.4 Å². The largest absolute Gasteiger partial charge is 0.388 e. The molecule has 3 rings (SSSR count). The molecule has 0 aliphatic heterocycles.